The molecule has 0 bridgehead atoms. The summed E-state index contributed by atoms with van der Waals surface area (Å²) in [5.41, 5.74) is 6.08. The van der Waals surface area contributed by atoms with Crippen molar-refractivity contribution >= 4 is 0 Å². The lowest BCUT2D eigenvalue weighted by Crippen LogP contribution is -2.46. The van der Waals surface area contributed by atoms with Crippen LogP contribution in [-0.4, -0.2) is 10.1 Å². The topological polar surface area (TPSA) is 64.9 Å². The van der Waals surface area contributed by atoms with Gasteiger partial charge in [-0.15, -0.1) is 0 Å². The summed E-state index contributed by atoms with van der Waals surface area (Å²) < 4.78 is 5.23. The van der Waals surface area contributed by atoms with Gasteiger partial charge in [0.25, 0.3) is 0 Å². The van der Waals surface area contributed by atoms with Crippen LogP contribution in [0.1, 0.15) is 57.7 Å². The molecular formula is C12H21N3O. The average molecular weight is 223 g/mol. The summed E-state index contributed by atoms with van der Waals surface area (Å²) >= 11 is 0. The first kappa shape index (κ1) is 11.6. The molecule has 1 fully saturated rings. The van der Waals surface area contributed by atoms with Gasteiger partial charge in [0.2, 0.25) is 5.89 Å². The number of aromatic nitrogens is 2. The number of aryl methyl sites for hydroxylation is 1. The quantitative estimate of drug-likeness (QED) is 0.854. The first-order valence-corrected chi connectivity index (χ1v) is 6.28. The van der Waals surface area contributed by atoms with Crippen molar-refractivity contribution in [1.29, 1.82) is 0 Å². The molecule has 0 spiro atoms. The smallest absolute Gasteiger partial charge is 0.226 e. The summed E-state index contributed by atoms with van der Waals surface area (Å²) in [7, 11) is 0. The largest absolute Gasteiger partial charge is 0.339 e. The van der Waals surface area contributed by atoms with Gasteiger partial charge in [-0.3, -0.25) is 0 Å². The van der Waals surface area contributed by atoms with Crippen molar-refractivity contribution in [3.05, 3.63) is 11.7 Å². The van der Waals surface area contributed by atoms with Crippen LogP contribution in [0, 0.1) is 5.92 Å². The molecule has 2 unspecified atom stereocenters. The van der Waals surface area contributed by atoms with Crippen molar-refractivity contribution < 1.29 is 4.52 Å². The Morgan fingerprint density at radius 3 is 3.00 bits per heavy atom. The van der Waals surface area contributed by atoms with Gasteiger partial charge in [-0.05, 0) is 25.2 Å². The highest BCUT2D eigenvalue weighted by Gasteiger charge is 2.39. The van der Waals surface area contributed by atoms with Crippen LogP contribution in [0.15, 0.2) is 4.52 Å². The maximum absolute atomic E-state index is 6.45. The van der Waals surface area contributed by atoms with E-state index in [1.54, 1.807) is 0 Å². The zero-order chi connectivity index (χ0) is 11.6. The second-order valence-corrected chi connectivity index (χ2v) is 4.95. The van der Waals surface area contributed by atoms with Crippen molar-refractivity contribution in [3.8, 4) is 0 Å². The SMILES string of the molecule is CCCc1nc(C2(N)CCCCC2C)no1. The molecule has 1 aliphatic carbocycles. The van der Waals surface area contributed by atoms with Gasteiger partial charge in [0, 0.05) is 6.42 Å². The normalized spacial score (nSPS) is 30.6. The van der Waals surface area contributed by atoms with E-state index in [9.17, 15) is 0 Å². The van der Waals surface area contributed by atoms with Crippen LogP contribution in [0.3, 0.4) is 0 Å². The molecule has 4 heteroatoms. The van der Waals surface area contributed by atoms with Crippen LogP contribution >= 0.6 is 0 Å². The van der Waals surface area contributed by atoms with Crippen molar-refractivity contribution in [2.45, 2.75) is 57.9 Å². The maximum atomic E-state index is 6.45. The minimum Gasteiger partial charge on any atom is -0.339 e. The standard InChI is InChI=1S/C12H21N3O/c1-3-6-10-14-11(15-16-10)12(13)8-5-4-7-9(12)2/h9H,3-8,13H2,1-2H3. The molecule has 16 heavy (non-hydrogen) atoms. The number of hydrogen-bond acceptors (Lipinski definition) is 4. The van der Waals surface area contributed by atoms with Gasteiger partial charge >= 0.3 is 0 Å². The van der Waals surface area contributed by atoms with E-state index in [2.05, 4.69) is 24.0 Å². The van der Waals surface area contributed by atoms with Crippen molar-refractivity contribution in [3.63, 3.8) is 0 Å². The molecule has 1 heterocycles. The second-order valence-electron chi connectivity index (χ2n) is 4.95. The van der Waals surface area contributed by atoms with Crippen LogP contribution < -0.4 is 5.73 Å². The fourth-order valence-corrected chi connectivity index (χ4v) is 2.46. The first-order chi connectivity index (χ1) is 7.66. The van der Waals surface area contributed by atoms with Gasteiger partial charge in [0.15, 0.2) is 5.82 Å². The summed E-state index contributed by atoms with van der Waals surface area (Å²) in [6, 6.07) is 0. The Balaban J connectivity index is 2.20. The highest BCUT2D eigenvalue weighted by Crippen LogP contribution is 2.37. The molecular weight excluding hydrogens is 202 g/mol. The molecule has 2 rings (SSSR count). The van der Waals surface area contributed by atoms with Crippen LogP contribution in [0.4, 0.5) is 0 Å². The molecule has 1 aromatic rings. The highest BCUT2D eigenvalue weighted by atomic mass is 16.5. The molecule has 0 saturated heterocycles. The van der Waals surface area contributed by atoms with E-state index in [0.29, 0.717) is 11.7 Å². The molecule has 0 amide bonds. The average Bonchev–Trinajstić information content (AvgIpc) is 2.72. The van der Waals surface area contributed by atoms with E-state index in [-0.39, 0.29) is 5.54 Å². The van der Waals surface area contributed by atoms with Crippen LogP contribution in [0.2, 0.25) is 0 Å². The van der Waals surface area contributed by atoms with Crippen molar-refractivity contribution in [2.24, 2.45) is 11.7 Å². The van der Waals surface area contributed by atoms with Gasteiger partial charge in [-0.1, -0.05) is 31.8 Å². The lowest BCUT2D eigenvalue weighted by Gasteiger charge is -2.36. The zero-order valence-corrected chi connectivity index (χ0v) is 10.2. The first-order valence-electron chi connectivity index (χ1n) is 6.28. The van der Waals surface area contributed by atoms with Crippen LogP contribution in [0.25, 0.3) is 0 Å². The molecule has 4 nitrogen and oxygen atoms in total. The molecule has 1 aliphatic rings. The van der Waals surface area contributed by atoms with Gasteiger partial charge in [0.1, 0.15) is 0 Å². The number of nitrogens with two attached hydrogens (primary N) is 1. The van der Waals surface area contributed by atoms with E-state index in [1.807, 2.05) is 0 Å². The van der Waals surface area contributed by atoms with Gasteiger partial charge in [0.05, 0.1) is 5.54 Å². The highest BCUT2D eigenvalue weighted by molar-refractivity contribution is 5.07. The molecule has 0 aromatic carbocycles. The van der Waals surface area contributed by atoms with E-state index in [4.69, 9.17) is 10.3 Å². The molecule has 2 N–H and O–H groups in total. The fraction of sp³-hybridized carbons (Fsp3) is 0.833. The zero-order valence-electron chi connectivity index (χ0n) is 10.2. The molecule has 0 radical (unpaired) electrons. The summed E-state index contributed by atoms with van der Waals surface area (Å²) in [6.45, 7) is 4.29. The lowest BCUT2D eigenvalue weighted by atomic mass is 9.74. The van der Waals surface area contributed by atoms with Crippen LogP contribution in [-0.2, 0) is 12.0 Å². The summed E-state index contributed by atoms with van der Waals surface area (Å²) in [5.74, 6) is 1.87. The molecule has 2 atom stereocenters. The predicted octanol–water partition coefficient (Wildman–Crippen LogP) is 2.39. The van der Waals surface area contributed by atoms with Gasteiger partial charge in [-0.2, -0.15) is 4.98 Å². The molecule has 1 aromatic heterocycles. The number of rotatable bonds is 3. The summed E-state index contributed by atoms with van der Waals surface area (Å²) in [6.07, 6.45) is 6.43. The Morgan fingerprint density at radius 1 is 1.50 bits per heavy atom. The minimum absolute atomic E-state index is 0.367. The van der Waals surface area contributed by atoms with E-state index in [0.717, 1.165) is 31.6 Å². The van der Waals surface area contributed by atoms with Gasteiger partial charge in [-0.25, -0.2) is 0 Å². The number of nitrogens with zero attached hydrogens (tertiary/aromatic N) is 2. The third kappa shape index (κ3) is 1.98. The lowest BCUT2D eigenvalue weighted by molar-refractivity contribution is 0.189. The molecule has 1 saturated carbocycles. The van der Waals surface area contributed by atoms with Crippen LogP contribution in [0.5, 0.6) is 0 Å². The molecule has 90 valence electrons. The minimum atomic E-state index is -0.367. The Labute approximate surface area is 96.6 Å². The summed E-state index contributed by atoms with van der Waals surface area (Å²) in [4.78, 5) is 4.44. The maximum Gasteiger partial charge on any atom is 0.226 e. The Hall–Kier alpha value is -0.900. The molecule has 0 aliphatic heterocycles. The van der Waals surface area contributed by atoms with E-state index in [1.165, 1.54) is 12.8 Å². The van der Waals surface area contributed by atoms with Crippen molar-refractivity contribution in [1.82, 2.24) is 10.1 Å². The third-order valence-corrected chi connectivity index (χ3v) is 3.71. The van der Waals surface area contributed by atoms with E-state index >= 15 is 0 Å². The van der Waals surface area contributed by atoms with Gasteiger partial charge < -0.3 is 10.3 Å². The summed E-state index contributed by atoms with van der Waals surface area (Å²) in [5, 5.41) is 4.07. The number of hydrogen-bond donors (Lipinski definition) is 1. The fourth-order valence-electron chi connectivity index (χ4n) is 2.46. The monoisotopic (exact) mass is 223 g/mol. The Kier molecular flexibility index (Phi) is 3.28. The Morgan fingerprint density at radius 2 is 2.31 bits per heavy atom. The predicted molar refractivity (Wildman–Crippen MR) is 61.8 cm³/mol. The van der Waals surface area contributed by atoms with E-state index < -0.39 is 0 Å². The second kappa shape index (κ2) is 4.53. The third-order valence-electron chi connectivity index (χ3n) is 3.71. The van der Waals surface area contributed by atoms with Crippen molar-refractivity contribution in [2.75, 3.05) is 0 Å². The Bertz CT molecular complexity index is 350.